The van der Waals surface area contributed by atoms with E-state index in [2.05, 4.69) is 4.74 Å². The summed E-state index contributed by atoms with van der Waals surface area (Å²) in [6.45, 7) is 0. The smallest absolute Gasteiger partial charge is 0.406 e. The molecule has 0 radical (unpaired) electrons. The topological polar surface area (TPSA) is 52.4 Å². The first-order chi connectivity index (χ1) is 7.37. The van der Waals surface area contributed by atoms with Gasteiger partial charge in [0.25, 0.3) is 0 Å². The van der Waals surface area contributed by atoms with Gasteiger partial charge in [0.2, 0.25) is 6.20 Å². The molecule has 0 aliphatic carbocycles. The predicted molar refractivity (Wildman–Crippen MR) is 49.2 cm³/mol. The van der Waals surface area contributed by atoms with Crippen LogP contribution in [0.2, 0.25) is 0 Å². The Morgan fingerprint density at radius 2 is 2.06 bits per heavy atom. The van der Waals surface area contributed by atoms with Crippen LogP contribution in [0, 0.1) is 10.1 Å². The Bertz CT molecular complexity index is 415. The predicted octanol–water partition coefficient (Wildman–Crippen LogP) is 2.83. The number of hydrogen-bond acceptors (Lipinski definition) is 3. The van der Waals surface area contributed by atoms with Crippen LogP contribution in [0.25, 0.3) is 6.08 Å². The molecule has 0 atom stereocenters. The van der Waals surface area contributed by atoms with Crippen molar-refractivity contribution in [3.63, 3.8) is 0 Å². The molecule has 0 saturated carbocycles. The van der Waals surface area contributed by atoms with E-state index in [4.69, 9.17) is 0 Å². The molecule has 0 aliphatic heterocycles. The fourth-order valence-corrected chi connectivity index (χ4v) is 0.962. The molecule has 0 amide bonds. The van der Waals surface area contributed by atoms with Crippen molar-refractivity contribution in [2.24, 2.45) is 0 Å². The largest absolute Gasteiger partial charge is 0.573 e. The van der Waals surface area contributed by atoms with Crippen molar-refractivity contribution in [3.8, 4) is 5.75 Å². The molecular formula is C9H6F3NO3. The lowest BCUT2D eigenvalue weighted by Gasteiger charge is -2.08. The van der Waals surface area contributed by atoms with Crippen LogP contribution >= 0.6 is 0 Å². The van der Waals surface area contributed by atoms with E-state index in [1.807, 2.05) is 0 Å². The van der Waals surface area contributed by atoms with Gasteiger partial charge in [-0.2, -0.15) is 0 Å². The van der Waals surface area contributed by atoms with Crippen LogP contribution in [0.15, 0.2) is 30.5 Å². The first kappa shape index (κ1) is 12.0. The van der Waals surface area contributed by atoms with Crippen molar-refractivity contribution in [1.82, 2.24) is 0 Å². The van der Waals surface area contributed by atoms with E-state index in [-0.39, 0.29) is 5.56 Å². The van der Waals surface area contributed by atoms with E-state index in [1.54, 1.807) is 0 Å². The summed E-state index contributed by atoms with van der Waals surface area (Å²) in [6, 6.07) is 4.88. The molecule has 0 saturated heterocycles. The third-order valence-corrected chi connectivity index (χ3v) is 1.48. The highest BCUT2D eigenvalue weighted by Gasteiger charge is 2.30. The van der Waals surface area contributed by atoms with Gasteiger partial charge in [0.05, 0.1) is 4.92 Å². The van der Waals surface area contributed by atoms with Crippen molar-refractivity contribution in [2.75, 3.05) is 0 Å². The molecule has 0 fully saturated rings. The van der Waals surface area contributed by atoms with Gasteiger partial charge >= 0.3 is 6.36 Å². The average Bonchev–Trinajstić information content (AvgIpc) is 2.12. The summed E-state index contributed by atoms with van der Waals surface area (Å²) in [5, 5.41) is 9.99. The van der Waals surface area contributed by atoms with E-state index in [9.17, 15) is 23.3 Å². The summed E-state index contributed by atoms with van der Waals surface area (Å²) in [5.41, 5.74) is 0.249. The summed E-state index contributed by atoms with van der Waals surface area (Å²) >= 11 is 0. The maximum Gasteiger partial charge on any atom is 0.573 e. The fraction of sp³-hybridized carbons (Fsp3) is 0.111. The number of rotatable bonds is 3. The van der Waals surface area contributed by atoms with Gasteiger partial charge in [-0.15, -0.1) is 13.2 Å². The number of ether oxygens (including phenoxy) is 1. The molecule has 1 rings (SSSR count). The highest BCUT2D eigenvalue weighted by atomic mass is 19.4. The first-order valence-electron chi connectivity index (χ1n) is 4.04. The van der Waals surface area contributed by atoms with E-state index in [0.29, 0.717) is 6.20 Å². The molecular weight excluding hydrogens is 227 g/mol. The van der Waals surface area contributed by atoms with Crippen molar-refractivity contribution in [3.05, 3.63) is 46.1 Å². The summed E-state index contributed by atoms with van der Waals surface area (Å²) in [7, 11) is 0. The van der Waals surface area contributed by atoms with Crippen molar-refractivity contribution in [1.29, 1.82) is 0 Å². The summed E-state index contributed by atoms with van der Waals surface area (Å²) in [6.07, 6.45) is -3.07. The summed E-state index contributed by atoms with van der Waals surface area (Å²) in [4.78, 5) is 9.28. The third kappa shape index (κ3) is 4.45. The summed E-state index contributed by atoms with van der Waals surface area (Å²) < 4.78 is 39.2. The Balaban J connectivity index is 2.83. The minimum Gasteiger partial charge on any atom is -0.406 e. The lowest BCUT2D eigenvalue weighted by molar-refractivity contribution is -0.400. The molecule has 1 aromatic carbocycles. The molecule has 1 aromatic rings. The Morgan fingerprint density at radius 1 is 1.38 bits per heavy atom. The Labute approximate surface area is 88.1 Å². The van der Waals surface area contributed by atoms with Crippen molar-refractivity contribution >= 4 is 6.08 Å². The standard InChI is InChI=1S/C9H6F3NO3/c10-9(11,12)16-8-3-1-2-7(6-8)4-5-13(14)15/h1-6H. The molecule has 0 aliphatic rings. The van der Waals surface area contributed by atoms with Crippen molar-refractivity contribution in [2.45, 2.75) is 6.36 Å². The van der Waals surface area contributed by atoms with Crippen LogP contribution in [0.1, 0.15) is 5.56 Å². The monoisotopic (exact) mass is 233 g/mol. The second-order valence-electron chi connectivity index (χ2n) is 2.72. The Morgan fingerprint density at radius 3 is 2.62 bits per heavy atom. The van der Waals surface area contributed by atoms with Gasteiger partial charge in [-0.05, 0) is 17.7 Å². The van der Waals surface area contributed by atoms with Gasteiger partial charge in [-0.1, -0.05) is 12.1 Å². The maximum absolute atomic E-state index is 11.8. The molecule has 86 valence electrons. The molecule has 16 heavy (non-hydrogen) atoms. The van der Waals surface area contributed by atoms with Crippen LogP contribution in [-0.2, 0) is 0 Å². The lowest BCUT2D eigenvalue weighted by Crippen LogP contribution is -2.17. The zero-order valence-electron chi connectivity index (χ0n) is 7.77. The van der Waals surface area contributed by atoms with Gasteiger partial charge in [0.1, 0.15) is 5.75 Å². The Kier molecular flexibility index (Phi) is 3.49. The van der Waals surface area contributed by atoms with E-state index >= 15 is 0 Å². The van der Waals surface area contributed by atoms with Gasteiger partial charge < -0.3 is 4.74 Å². The first-order valence-corrected chi connectivity index (χ1v) is 4.04. The number of alkyl halides is 3. The fourth-order valence-electron chi connectivity index (χ4n) is 0.962. The maximum atomic E-state index is 11.8. The minimum atomic E-state index is -4.77. The van der Waals surface area contributed by atoms with E-state index < -0.39 is 17.0 Å². The Hall–Kier alpha value is -2.05. The third-order valence-electron chi connectivity index (χ3n) is 1.48. The zero-order chi connectivity index (χ0) is 12.2. The number of nitrogens with zero attached hydrogens (tertiary/aromatic N) is 1. The number of benzene rings is 1. The normalized spacial score (nSPS) is 11.7. The van der Waals surface area contributed by atoms with Crippen LogP contribution in [0.5, 0.6) is 5.75 Å². The van der Waals surface area contributed by atoms with Crippen LogP contribution in [-0.4, -0.2) is 11.3 Å². The molecule has 7 heteroatoms. The SMILES string of the molecule is O=[N+]([O-])C=Cc1cccc(OC(F)(F)F)c1. The minimum absolute atomic E-state index is 0.249. The van der Waals surface area contributed by atoms with E-state index in [1.165, 1.54) is 12.1 Å². The van der Waals surface area contributed by atoms with Gasteiger partial charge in [-0.25, -0.2) is 0 Å². The lowest BCUT2D eigenvalue weighted by atomic mass is 10.2. The van der Waals surface area contributed by atoms with E-state index in [0.717, 1.165) is 18.2 Å². The van der Waals surface area contributed by atoms with Crippen LogP contribution in [0.3, 0.4) is 0 Å². The second kappa shape index (κ2) is 4.65. The summed E-state index contributed by atoms with van der Waals surface area (Å²) in [5.74, 6) is -0.419. The van der Waals surface area contributed by atoms with Crippen LogP contribution in [0.4, 0.5) is 13.2 Å². The number of halogens is 3. The molecule has 0 spiro atoms. The number of nitro groups is 1. The van der Waals surface area contributed by atoms with Gasteiger partial charge in [-0.3, -0.25) is 10.1 Å². The molecule has 4 nitrogen and oxygen atoms in total. The van der Waals surface area contributed by atoms with Gasteiger partial charge in [0, 0.05) is 6.08 Å². The molecule has 0 unspecified atom stereocenters. The van der Waals surface area contributed by atoms with Crippen LogP contribution < -0.4 is 4.74 Å². The highest BCUT2D eigenvalue weighted by Crippen LogP contribution is 2.23. The highest BCUT2D eigenvalue weighted by molar-refractivity contribution is 5.50. The average molecular weight is 233 g/mol. The molecule has 0 aromatic heterocycles. The van der Waals surface area contributed by atoms with Gasteiger partial charge in [0.15, 0.2) is 0 Å². The molecule has 0 N–H and O–H groups in total. The zero-order valence-corrected chi connectivity index (χ0v) is 7.77. The second-order valence-corrected chi connectivity index (χ2v) is 2.72. The van der Waals surface area contributed by atoms with Crippen molar-refractivity contribution < 1.29 is 22.8 Å². The molecule has 0 heterocycles. The quantitative estimate of drug-likeness (QED) is 0.595. The molecule has 0 bridgehead atoms. The number of hydrogen-bond donors (Lipinski definition) is 0.